The van der Waals surface area contributed by atoms with Crippen molar-refractivity contribution >= 4 is 48.7 Å². The summed E-state index contributed by atoms with van der Waals surface area (Å²) in [5, 5.41) is 0.525. The fourth-order valence-corrected chi connectivity index (χ4v) is 6.07. The van der Waals surface area contributed by atoms with Gasteiger partial charge in [-0.25, -0.2) is 0 Å². The van der Waals surface area contributed by atoms with Crippen LogP contribution in [0.3, 0.4) is 0 Å². The first kappa shape index (κ1) is 17.7. The third-order valence-corrected chi connectivity index (χ3v) is 6.48. The van der Waals surface area contributed by atoms with Crippen LogP contribution in [-0.4, -0.2) is 37.8 Å². The van der Waals surface area contributed by atoms with E-state index in [1.165, 1.54) is 0 Å². The number of rotatable bonds is 9. The number of ether oxygens (including phenoxy) is 1. The van der Waals surface area contributed by atoms with E-state index in [1.54, 1.807) is 6.92 Å². The van der Waals surface area contributed by atoms with E-state index in [2.05, 4.69) is 22.6 Å². The Morgan fingerprint density at radius 3 is 1.82 bits per heavy atom. The molecule has 7 heteroatoms. The van der Waals surface area contributed by atoms with Crippen molar-refractivity contribution in [1.82, 2.24) is 0 Å². The fraction of sp³-hybridized carbons (Fsp3) is 0.900. The lowest BCUT2D eigenvalue weighted by molar-refractivity contribution is 0.0661. The maximum atomic E-state index is 5.73. The second kappa shape index (κ2) is 9.62. The summed E-state index contributed by atoms with van der Waals surface area (Å²) in [4.78, 5) is 0. The highest BCUT2D eigenvalue weighted by atomic mass is 127. The van der Waals surface area contributed by atoms with E-state index in [1.807, 2.05) is 20.8 Å². The van der Waals surface area contributed by atoms with Crippen LogP contribution in [0.2, 0.25) is 6.04 Å². The van der Waals surface area contributed by atoms with Gasteiger partial charge in [0.2, 0.25) is 0 Å². The Morgan fingerprint density at radius 1 is 1.12 bits per heavy atom. The second-order valence-electron chi connectivity index (χ2n) is 3.21. The van der Waals surface area contributed by atoms with Gasteiger partial charge >= 0.3 is 8.80 Å². The molecule has 0 radical (unpaired) electrons. The molecule has 0 spiro atoms. The SMILES string of the molecule is CCO[Si](CC(I)OC(C)=S)(OCC)OCC. The van der Waals surface area contributed by atoms with Gasteiger partial charge in [0.25, 0.3) is 0 Å². The first-order valence-corrected chi connectivity index (χ1v) is 9.31. The summed E-state index contributed by atoms with van der Waals surface area (Å²) in [6.45, 7) is 9.30. The van der Waals surface area contributed by atoms with E-state index in [0.717, 1.165) is 0 Å². The van der Waals surface area contributed by atoms with Crippen LogP contribution in [-0.2, 0) is 18.0 Å². The monoisotopic (exact) mass is 392 g/mol. The number of thiocarbonyl (C=S) groups is 1. The lowest BCUT2D eigenvalue weighted by Gasteiger charge is -2.30. The zero-order valence-corrected chi connectivity index (χ0v) is 14.8. The molecule has 1 atom stereocenters. The molecule has 0 aromatic carbocycles. The molecule has 4 nitrogen and oxygen atoms in total. The van der Waals surface area contributed by atoms with E-state index < -0.39 is 8.80 Å². The predicted octanol–water partition coefficient (Wildman–Crippen LogP) is 3.16. The van der Waals surface area contributed by atoms with Crippen LogP contribution in [0, 0.1) is 0 Å². The van der Waals surface area contributed by atoms with Crippen LogP contribution in [0.1, 0.15) is 27.7 Å². The van der Waals surface area contributed by atoms with E-state index in [9.17, 15) is 0 Å². The summed E-state index contributed by atoms with van der Waals surface area (Å²) in [7, 11) is -2.62. The summed E-state index contributed by atoms with van der Waals surface area (Å²) in [5.41, 5.74) is 0. The second-order valence-corrected chi connectivity index (χ2v) is 7.81. The van der Waals surface area contributed by atoms with Crippen molar-refractivity contribution in [2.45, 2.75) is 37.8 Å². The molecular weight excluding hydrogens is 371 g/mol. The third kappa shape index (κ3) is 7.68. The minimum atomic E-state index is -2.62. The first-order chi connectivity index (χ1) is 7.99. The van der Waals surface area contributed by atoms with Crippen molar-refractivity contribution in [3.05, 3.63) is 0 Å². The maximum Gasteiger partial charge on any atom is 0.505 e. The lowest BCUT2D eigenvalue weighted by atomic mass is 10.8. The molecule has 0 aliphatic heterocycles. The van der Waals surface area contributed by atoms with Crippen LogP contribution < -0.4 is 0 Å². The molecule has 0 aliphatic carbocycles. The summed E-state index contributed by atoms with van der Waals surface area (Å²) in [6, 6.07) is 0.608. The summed E-state index contributed by atoms with van der Waals surface area (Å²) in [6.07, 6.45) is 0. The van der Waals surface area contributed by atoms with Crippen LogP contribution >= 0.6 is 34.8 Å². The first-order valence-electron chi connectivity index (χ1n) is 5.72. The van der Waals surface area contributed by atoms with E-state index in [-0.39, 0.29) is 4.11 Å². The maximum absolute atomic E-state index is 5.73. The van der Waals surface area contributed by atoms with Crippen molar-refractivity contribution in [2.24, 2.45) is 0 Å². The Labute approximate surface area is 124 Å². The minimum absolute atomic E-state index is 0.0820. The van der Waals surface area contributed by atoms with Gasteiger partial charge in [-0.1, -0.05) is 0 Å². The Morgan fingerprint density at radius 2 is 1.53 bits per heavy atom. The standard InChI is InChI=1S/C10H21IO4SSi/c1-5-12-17(13-6-2,14-7-3)8-10(11)15-9(4)16/h10H,5-8H2,1-4H3. The van der Waals surface area contributed by atoms with Crippen molar-refractivity contribution in [1.29, 1.82) is 0 Å². The van der Waals surface area contributed by atoms with Crippen LogP contribution in [0.5, 0.6) is 0 Å². The van der Waals surface area contributed by atoms with Gasteiger partial charge < -0.3 is 18.0 Å². The Bertz CT molecular complexity index is 213. The summed E-state index contributed by atoms with van der Waals surface area (Å²) in [5.74, 6) is 0. The third-order valence-electron chi connectivity index (χ3n) is 1.80. The molecule has 0 saturated carbocycles. The molecule has 0 rings (SSSR count). The van der Waals surface area contributed by atoms with E-state index >= 15 is 0 Å². The number of hydrogen-bond acceptors (Lipinski definition) is 5. The molecule has 0 bridgehead atoms. The van der Waals surface area contributed by atoms with Gasteiger partial charge in [0.1, 0.15) is 0 Å². The largest absolute Gasteiger partial charge is 0.505 e. The van der Waals surface area contributed by atoms with Crippen LogP contribution in [0.15, 0.2) is 0 Å². The number of halogens is 1. The van der Waals surface area contributed by atoms with Gasteiger partial charge in [-0.3, -0.25) is 0 Å². The van der Waals surface area contributed by atoms with E-state index in [4.69, 9.17) is 30.2 Å². The van der Waals surface area contributed by atoms with Crippen molar-refractivity contribution in [3.63, 3.8) is 0 Å². The number of alkyl halides is 1. The lowest BCUT2D eigenvalue weighted by Crippen LogP contribution is -2.48. The highest BCUT2D eigenvalue weighted by Gasteiger charge is 2.43. The quantitative estimate of drug-likeness (QED) is 0.261. The van der Waals surface area contributed by atoms with Crippen LogP contribution in [0.4, 0.5) is 0 Å². The number of hydrogen-bond donors (Lipinski definition) is 0. The van der Waals surface area contributed by atoms with Gasteiger partial charge in [0.15, 0.2) is 9.16 Å². The van der Waals surface area contributed by atoms with Gasteiger partial charge in [-0.2, -0.15) is 0 Å². The topological polar surface area (TPSA) is 36.9 Å². The van der Waals surface area contributed by atoms with E-state index in [0.29, 0.717) is 30.9 Å². The zero-order chi connectivity index (χ0) is 13.3. The molecular formula is C10H21IO4SSi. The Hall–Kier alpha value is 0.717. The Kier molecular flexibility index (Phi) is 10.0. The minimum Gasteiger partial charge on any atom is -0.474 e. The van der Waals surface area contributed by atoms with Crippen molar-refractivity contribution in [2.75, 3.05) is 19.8 Å². The van der Waals surface area contributed by atoms with Gasteiger partial charge in [-0.05, 0) is 55.6 Å². The predicted molar refractivity (Wildman–Crippen MR) is 82.6 cm³/mol. The highest BCUT2D eigenvalue weighted by Crippen LogP contribution is 2.23. The molecule has 0 N–H and O–H groups in total. The molecule has 1 unspecified atom stereocenters. The average molecular weight is 392 g/mol. The Balaban J connectivity index is 4.56. The normalized spacial score (nSPS) is 13.5. The summed E-state index contributed by atoms with van der Waals surface area (Å²) < 4.78 is 22.6. The zero-order valence-electron chi connectivity index (χ0n) is 10.8. The highest BCUT2D eigenvalue weighted by molar-refractivity contribution is 14.1. The molecule has 17 heavy (non-hydrogen) atoms. The molecule has 0 saturated heterocycles. The smallest absolute Gasteiger partial charge is 0.474 e. The average Bonchev–Trinajstić information content (AvgIpc) is 2.16. The van der Waals surface area contributed by atoms with Crippen molar-refractivity contribution in [3.8, 4) is 0 Å². The molecule has 102 valence electrons. The molecule has 0 aromatic rings. The molecule has 0 heterocycles. The van der Waals surface area contributed by atoms with Crippen molar-refractivity contribution < 1.29 is 18.0 Å². The molecule has 0 amide bonds. The van der Waals surface area contributed by atoms with Gasteiger partial charge in [0.05, 0.1) is 6.04 Å². The molecule has 0 aliphatic rings. The fourth-order valence-electron chi connectivity index (χ4n) is 1.38. The van der Waals surface area contributed by atoms with Crippen LogP contribution in [0.25, 0.3) is 0 Å². The molecule has 0 fully saturated rings. The summed E-state index contributed by atoms with van der Waals surface area (Å²) >= 11 is 7.11. The van der Waals surface area contributed by atoms with Gasteiger partial charge in [0, 0.05) is 26.7 Å². The van der Waals surface area contributed by atoms with Gasteiger partial charge in [-0.15, -0.1) is 0 Å². The molecule has 0 aromatic heterocycles.